The van der Waals surface area contributed by atoms with Gasteiger partial charge in [-0.05, 0) is 25.3 Å². The molecule has 24 heavy (non-hydrogen) atoms. The van der Waals surface area contributed by atoms with Crippen molar-refractivity contribution in [3.63, 3.8) is 0 Å². The fraction of sp³-hybridized carbons (Fsp3) is 0.824. The van der Waals surface area contributed by atoms with E-state index in [4.69, 9.17) is 14.2 Å². The molecule has 3 rings (SSSR count). The van der Waals surface area contributed by atoms with Crippen molar-refractivity contribution in [2.24, 2.45) is 0 Å². The van der Waals surface area contributed by atoms with Crippen LogP contribution in [0, 0.1) is 6.92 Å². The number of morpholine rings is 1. The third kappa shape index (κ3) is 5.53. The smallest absolute Gasteiger partial charge is 0.0900 e. The number of aryl methyl sites for hydroxylation is 1. The standard InChI is InChI=1S/C17H29N3O4/c1-14-7-18-20(8-14)11-17-10-19(4-6-24-17)9-15(21)12-22-13-16-3-2-5-23-16/h7-8,15-17,21H,2-6,9-13H2,1H3/t15-,16-,17+/m1/s1. The second-order valence-electron chi connectivity index (χ2n) is 6.82. The van der Waals surface area contributed by atoms with Crippen LogP contribution < -0.4 is 0 Å². The summed E-state index contributed by atoms with van der Waals surface area (Å²) in [6, 6.07) is 0. The lowest BCUT2D eigenvalue weighted by molar-refractivity contribution is -0.0630. The van der Waals surface area contributed by atoms with E-state index in [0.717, 1.165) is 44.6 Å². The van der Waals surface area contributed by atoms with Crippen molar-refractivity contribution in [3.05, 3.63) is 18.0 Å². The van der Waals surface area contributed by atoms with Gasteiger partial charge in [0, 0.05) is 32.4 Å². The van der Waals surface area contributed by atoms with Crippen molar-refractivity contribution in [3.8, 4) is 0 Å². The molecule has 1 aromatic rings. The van der Waals surface area contributed by atoms with Gasteiger partial charge >= 0.3 is 0 Å². The van der Waals surface area contributed by atoms with Crippen molar-refractivity contribution < 1.29 is 19.3 Å². The molecule has 2 aliphatic heterocycles. The van der Waals surface area contributed by atoms with E-state index in [1.54, 1.807) is 0 Å². The van der Waals surface area contributed by atoms with Crippen LogP contribution in [0.3, 0.4) is 0 Å². The molecule has 0 saturated carbocycles. The summed E-state index contributed by atoms with van der Waals surface area (Å²) in [5.74, 6) is 0. The maximum absolute atomic E-state index is 10.2. The first kappa shape index (κ1) is 17.8. The van der Waals surface area contributed by atoms with Crippen molar-refractivity contribution in [2.45, 2.75) is 44.6 Å². The first-order chi connectivity index (χ1) is 11.7. The van der Waals surface area contributed by atoms with E-state index in [0.29, 0.717) is 26.4 Å². The van der Waals surface area contributed by atoms with Crippen LogP contribution in [0.4, 0.5) is 0 Å². The number of aliphatic hydroxyl groups excluding tert-OH is 1. The van der Waals surface area contributed by atoms with Crippen molar-refractivity contribution in [1.82, 2.24) is 14.7 Å². The summed E-state index contributed by atoms with van der Waals surface area (Å²) in [4.78, 5) is 2.24. The molecule has 2 fully saturated rings. The Bertz CT molecular complexity index is 490. The summed E-state index contributed by atoms with van der Waals surface area (Å²) >= 11 is 0. The third-order valence-corrected chi connectivity index (χ3v) is 4.48. The average Bonchev–Trinajstić information content (AvgIpc) is 3.20. The molecule has 0 radical (unpaired) electrons. The maximum atomic E-state index is 10.2. The zero-order chi connectivity index (χ0) is 16.8. The lowest BCUT2D eigenvalue weighted by atomic mass is 10.2. The van der Waals surface area contributed by atoms with Gasteiger partial charge in [0.05, 0.1) is 50.9 Å². The highest BCUT2D eigenvalue weighted by Crippen LogP contribution is 2.12. The van der Waals surface area contributed by atoms with E-state index in [1.165, 1.54) is 0 Å². The van der Waals surface area contributed by atoms with Gasteiger partial charge in [0.25, 0.3) is 0 Å². The first-order valence-electron chi connectivity index (χ1n) is 8.89. The molecule has 0 amide bonds. The summed E-state index contributed by atoms with van der Waals surface area (Å²) in [5, 5.41) is 14.5. The second kappa shape index (κ2) is 8.92. The van der Waals surface area contributed by atoms with Gasteiger partial charge in [-0.2, -0.15) is 5.10 Å². The van der Waals surface area contributed by atoms with Gasteiger partial charge in [0.1, 0.15) is 0 Å². The Balaban J connectivity index is 1.34. The van der Waals surface area contributed by atoms with Gasteiger partial charge in [-0.25, -0.2) is 0 Å². The molecule has 0 aromatic carbocycles. The van der Waals surface area contributed by atoms with Crippen LogP contribution in [0.2, 0.25) is 0 Å². The number of hydrogen-bond acceptors (Lipinski definition) is 6. The minimum Gasteiger partial charge on any atom is -0.389 e. The Morgan fingerprint density at radius 1 is 1.38 bits per heavy atom. The minimum atomic E-state index is -0.475. The summed E-state index contributed by atoms with van der Waals surface area (Å²) in [6.45, 7) is 7.51. The number of aromatic nitrogens is 2. The van der Waals surface area contributed by atoms with Crippen molar-refractivity contribution in [1.29, 1.82) is 0 Å². The fourth-order valence-electron chi connectivity index (χ4n) is 3.29. The first-order valence-corrected chi connectivity index (χ1v) is 8.89. The molecule has 3 heterocycles. The molecule has 7 nitrogen and oxygen atoms in total. The van der Waals surface area contributed by atoms with Crippen LogP contribution in [0.15, 0.2) is 12.4 Å². The molecular formula is C17H29N3O4. The van der Waals surface area contributed by atoms with Crippen LogP contribution in [0.25, 0.3) is 0 Å². The second-order valence-corrected chi connectivity index (χ2v) is 6.82. The monoisotopic (exact) mass is 339 g/mol. The number of rotatable bonds is 8. The van der Waals surface area contributed by atoms with Gasteiger partial charge in [0.2, 0.25) is 0 Å². The quantitative estimate of drug-likeness (QED) is 0.742. The highest BCUT2D eigenvalue weighted by Gasteiger charge is 2.23. The van der Waals surface area contributed by atoms with E-state index >= 15 is 0 Å². The zero-order valence-corrected chi connectivity index (χ0v) is 14.5. The molecule has 1 N–H and O–H groups in total. The molecule has 0 unspecified atom stereocenters. The molecule has 3 atom stereocenters. The fourth-order valence-corrected chi connectivity index (χ4v) is 3.29. The van der Waals surface area contributed by atoms with E-state index in [9.17, 15) is 5.11 Å². The molecule has 2 aliphatic rings. The SMILES string of the molecule is Cc1cnn(C[C@@H]2CN(C[C@@H](O)COC[C@H]3CCCO3)CCO2)c1. The predicted molar refractivity (Wildman–Crippen MR) is 88.9 cm³/mol. The maximum Gasteiger partial charge on any atom is 0.0900 e. The average molecular weight is 339 g/mol. The Kier molecular flexibility index (Phi) is 6.62. The minimum absolute atomic E-state index is 0.109. The normalized spacial score (nSPS) is 26.8. The van der Waals surface area contributed by atoms with Gasteiger partial charge in [-0.1, -0.05) is 0 Å². The van der Waals surface area contributed by atoms with E-state index in [2.05, 4.69) is 10.00 Å². The summed E-state index contributed by atoms with van der Waals surface area (Å²) in [6.07, 6.45) is 5.90. The molecular weight excluding hydrogens is 310 g/mol. The number of nitrogens with zero attached hydrogens (tertiary/aromatic N) is 3. The summed E-state index contributed by atoms with van der Waals surface area (Å²) in [7, 11) is 0. The third-order valence-electron chi connectivity index (χ3n) is 4.48. The Hall–Kier alpha value is -0.990. The Morgan fingerprint density at radius 3 is 3.00 bits per heavy atom. The van der Waals surface area contributed by atoms with Crippen LogP contribution in [0.1, 0.15) is 18.4 Å². The van der Waals surface area contributed by atoms with Crippen LogP contribution >= 0.6 is 0 Å². The van der Waals surface area contributed by atoms with E-state index in [1.807, 2.05) is 24.0 Å². The predicted octanol–water partition coefficient (Wildman–Crippen LogP) is 0.449. The highest BCUT2D eigenvalue weighted by atomic mass is 16.5. The van der Waals surface area contributed by atoms with Crippen LogP contribution in [-0.2, 0) is 20.8 Å². The largest absolute Gasteiger partial charge is 0.389 e. The van der Waals surface area contributed by atoms with Gasteiger partial charge in [-0.3, -0.25) is 9.58 Å². The zero-order valence-electron chi connectivity index (χ0n) is 14.5. The lowest BCUT2D eigenvalue weighted by Crippen LogP contribution is -2.47. The van der Waals surface area contributed by atoms with Gasteiger partial charge in [-0.15, -0.1) is 0 Å². The number of ether oxygens (including phenoxy) is 3. The molecule has 7 heteroatoms. The van der Waals surface area contributed by atoms with E-state index in [-0.39, 0.29) is 12.2 Å². The van der Waals surface area contributed by atoms with E-state index < -0.39 is 6.10 Å². The summed E-state index contributed by atoms with van der Waals surface area (Å²) in [5.41, 5.74) is 1.15. The van der Waals surface area contributed by atoms with Gasteiger partial charge in [0.15, 0.2) is 0 Å². The number of aliphatic hydroxyl groups is 1. The molecule has 136 valence electrons. The Labute approximate surface area is 143 Å². The van der Waals surface area contributed by atoms with Gasteiger partial charge < -0.3 is 19.3 Å². The van der Waals surface area contributed by atoms with Crippen LogP contribution in [-0.4, -0.2) is 84.2 Å². The molecule has 1 aromatic heterocycles. The topological polar surface area (TPSA) is 69.0 Å². The van der Waals surface area contributed by atoms with Crippen molar-refractivity contribution >= 4 is 0 Å². The molecule has 0 aliphatic carbocycles. The van der Waals surface area contributed by atoms with Crippen molar-refractivity contribution in [2.75, 3.05) is 46.1 Å². The molecule has 0 bridgehead atoms. The lowest BCUT2D eigenvalue weighted by Gasteiger charge is -2.34. The summed E-state index contributed by atoms with van der Waals surface area (Å²) < 4.78 is 18.9. The highest BCUT2D eigenvalue weighted by molar-refractivity contribution is 4.99. The molecule has 0 spiro atoms. The Morgan fingerprint density at radius 2 is 2.25 bits per heavy atom. The molecule has 2 saturated heterocycles. The number of hydrogen-bond donors (Lipinski definition) is 1. The number of β-amino-alcohol motifs (C(OH)–C–C–N with tert-alkyl or cyclic N) is 1. The van der Waals surface area contributed by atoms with Crippen LogP contribution in [0.5, 0.6) is 0 Å².